The van der Waals surface area contributed by atoms with E-state index in [-0.39, 0.29) is 35.8 Å². The van der Waals surface area contributed by atoms with Crippen LogP contribution in [0.25, 0.3) is 0 Å². The minimum Gasteiger partial charge on any atom is -0.469 e. The normalized spacial score (nSPS) is 20.9. The Kier molecular flexibility index (Phi) is 8.79. The highest BCUT2D eigenvalue weighted by Gasteiger charge is 2.59. The van der Waals surface area contributed by atoms with Gasteiger partial charge >= 0.3 is 11.9 Å². The molecule has 3 rings (SSSR count). The van der Waals surface area contributed by atoms with Gasteiger partial charge in [-0.05, 0) is 42.2 Å². The number of anilines is 1. The number of ether oxygens (including phenoxy) is 2. The molecule has 0 bridgehead atoms. The summed E-state index contributed by atoms with van der Waals surface area (Å²) in [4.78, 5) is 49.0. The van der Waals surface area contributed by atoms with Crippen molar-refractivity contribution in [3.63, 3.8) is 0 Å². The molecule has 1 N–H and O–H groups in total. The van der Waals surface area contributed by atoms with E-state index in [9.17, 15) is 19.2 Å². The first kappa shape index (κ1) is 26.1. The molecule has 2 unspecified atom stereocenters. The molecule has 1 saturated carbocycles. The Hall–Kier alpha value is -3.48. The fourth-order valence-corrected chi connectivity index (χ4v) is 5.02. The van der Waals surface area contributed by atoms with Gasteiger partial charge in [0.25, 0.3) is 0 Å². The standard InChI is InChI=1S/C28H33NO6/c1-17(30)6-5-7-22(31)16-18-8-10-19(11-9-18)23-25(27(32)34-3)24(26(23)28(33)35-4)20-12-14-21(29-2)15-13-20/h8-15,23-26,29H,5-7,16H2,1-4H3. The number of hydrogen-bond acceptors (Lipinski definition) is 7. The van der Waals surface area contributed by atoms with E-state index in [0.29, 0.717) is 19.3 Å². The third kappa shape index (κ3) is 5.96. The number of benzene rings is 2. The van der Waals surface area contributed by atoms with Crippen molar-refractivity contribution in [3.05, 3.63) is 65.2 Å². The smallest absolute Gasteiger partial charge is 0.309 e. The van der Waals surface area contributed by atoms with Crippen molar-refractivity contribution in [2.24, 2.45) is 11.8 Å². The summed E-state index contributed by atoms with van der Waals surface area (Å²) >= 11 is 0. The largest absolute Gasteiger partial charge is 0.469 e. The van der Waals surface area contributed by atoms with Crippen LogP contribution in [-0.4, -0.2) is 44.8 Å². The van der Waals surface area contributed by atoms with Gasteiger partial charge in [0, 0.05) is 43.8 Å². The Morgan fingerprint density at radius 1 is 0.771 bits per heavy atom. The lowest BCUT2D eigenvalue weighted by molar-refractivity contribution is -0.164. The number of methoxy groups -OCH3 is 2. The first-order valence-corrected chi connectivity index (χ1v) is 11.8. The van der Waals surface area contributed by atoms with Crippen LogP contribution >= 0.6 is 0 Å². The summed E-state index contributed by atoms with van der Waals surface area (Å²) < 4.78 is 10.2. The summed E-state index contributed by atoms with van der Waals surface area (Å²) in [5.41, 5.74) is 3.48. The van der Waals surface area contributed by atoms with Crippen molar-refractivity contribution < 1.29 is 28.7 Å². The van der Waals surface area contributed by atoms with Gasteiger partial charge in [-0.25, -0.2) is 0 Å². The molecule has 0 radical (unpaired) electrons. The van der Waals surface area contributed by atoms with E-state index in [1.807, 2.05) is 55.6 Å². The maximum atomic E-state index is 12.8. The van der Waals surface area contributed by atoms with E-state index in [0.717, 1.165) is 22.4 Å². The molecular weight excluding hydrogens is 446 g/mol. The lowest BCUT2D eigenvalue weighted by atomic mass is 9.52. The summed E-state index contributed by atoms with van der Waals surface area (Å²) in [6.07, 6.45) is 1.62. The van der Waals surface area contributed by atoms with Crippen LogP contribution in [0.1, 0.15) is 54.7 Å². The topological polar surface area (TPSA) is 98.8 Å². The Morgan fingerprint density at radius 2 is 1.26 bits per heavy atom. The van der Waals surface area contributed by atoms with Crippen molar-refractivity contribution in [1.82, 2.24) is 0 Å². The predicted molar refractivity (Wildman–Crippen MR) is 132 cm³/mol. The average molecular weight is 480 g/mol. The molecule has 2 atom stereocenters. The highest BCUT2D eigenvalue weighted by molar-refractivity contribution is 5.85. The van der Waals surface area contributed by atoms with Crippen LogP contribution in [0, 0.1) is 11.8 Å². The SMILES string of the molecule is CNc1ccc(C2C(C(=O)OC)C(c3ccc(CC(=O)CCCC(C)=O)cc3)C2C(=O)OC)cc1. The van der Waals surface area contributed by atoms with Crippen LogP contribution in [0.2, 0.25) is 0 Å². The van der Waals surface area contributed by atoms with Crippen LogP contribution in [0.15, 0.2) is 48.5 Å². The van der Waals surface area contributed by atoms with Gasteiger partial charge in [-0.2, -0.15) is 0 Å². The minimum absolute atomic E-state index is 0.0765. The molecule has 2 aromatic carbocycles. The zero-order valence-electron chi connectivity index (χ0n) is 20.7. The molecule has 7 heteroatoms. The third-order valence-corrected chi connectivity index (χ3v) is 6.83. The average Bonchev–Trinajstić information content (AvgIpc) is 2.84. The van der Waals surface area contributed by atoms with Crippen molar-refractivity contribution >= 4 is 29.2 Å². The van der Waals surface area contributed by atoms with Gasteiger partial charge in [-0.3, -0.25) is 14.4 Å². The zero-order valence-corrected chi connectivity index (χ0v) is 20.7. The number of nitrogens with one attached hydrogen (secondary N) is 1. The summed E-state index contributed by atoms with van der Waals surface area (Å²) in [6.45, 7) is 1.52. The zero-order chi connectivity index (χ0) is 25.5. The van der Waals surface area contributed by atoms with Crippen LogP contribution in [0.4, 0.5) is 5.69 Å². The first-order valence-electron chi connectivity index (χ1n) is 11.8. The number of carbonyl (C=O) groups excluding carboxylic acids is 4. The van der Waals surface area contributed by atoms with Crippen molar-refractivity contribution in [2.45, 2.75) is 44.4 Å². The van der Waals surface area contributed by atoms with Gasteiger partial charge in [0.05, 0.1) is 26.1 Å². The summed E-state index contributed by atoms with van der Waals surface area (Å²) in [6, 6.07) is 15.1. The molecule has 0 saturated heterocycles. The number of esters is 2. The Labute approximate surface area is 206 Å². The maximum Gasteiger partial charge on any atom is 0.309 e. The lowest BCUT2D eigenvalue weighted by Crippen LogP contribution is -2.51. The van der Waals surface area contributed by atoms with Crippen molar-refractivity contribution in [2.75, 3.05) is 26.6 Å². The van der Waals surface area contributed by atoms with Gasteiger partial charge in [0.15, 0.2) is 0 Å². The third-order valence-electron chi connectivity index (χ3n) is 6.83. The number of Topliss-reactive ketones (excluding diaryl/α,β-unsaturated/α-hetero) is 2. The number of carbonyl (C=O) groups is 4. The Morgan fingerprint density at radius 3 is 1.69 bits per heavy atom. The van der Waals surface area contributed by atoms with Crippen molar-refractivity contribution in [3.8, 4) is 0 Å². The predicted octanol–water partition coefficient (Wildman–Crippen LogP) is 4.06. The fraction of sp³-hybridized carbons (Fsp3) is 0.429. The number of hydrogen-bond donors (Lipinski definition) is 1. The van der Waals surface area contributed by atoms with E-state index in [4.69, 9.17) is 9.47 Å². The molecule has 0 amide bonds. The molecule has 186 valence electrons. The fourth-order valence-electron chi connectivity index (χ4n) is 5.02. The Balaban J connectivity index is 1.84. The monoisotopic (exact) mass is 479 g/mol. The maximum absolute atomic E-state index is 12.8. The molecule has 1 aliphatic rings. The van der Waals surface area contributed by atoms with Gasteiger partial charge in [0.2, 0.25) is 0 Å². The molecule has 2 aromatic rings. The molecular formula is C28H33NO6. The van der Waals surface area contributed by atoms with E-state index in [1.54, 1.807) is 0 Å². The van der Waals surface area contributed by atoms with Gasteiger partial charge < -0.3 is 19.6 Å². The Bertz CT molecular complexity index is 1040. The second-order valence-electron chi connectivity index (χ2n) is 9.03. The van der Waals surface area contributed by atoms with E-state index < -0.39 is 17.8 Å². The highest BCUT2D eigenvalue weighted by Crippen LogP contribution is 2.58. The van der Waals surface area contributed by atoms with Crippen LogP contribution in [0.3, 0.4) is 0 Å². The van der Waals surface area contributed by atoms with Crippen LogP contribution < -0.4 is 5.32 Å². The number of rotatable bonds is 11. The van der Waals surface area contributed by atoms with Gasteiger partial charge in [-0.15, -0.1) is 0 Å². The quantitative estimate of drug-likeness (QED) is 0.485. The van der Waals surface area contributed by atoms with Crippen molar-refractivity contribution in [1.29, 1.82) is 0 Å². The number of ketones is 2. The van der Waals surface area contributed by atoms with Crippen LogP contribution in [0.5, 0.6) is 0 Å². The van der Waals surface area contributed by atoms with Gasteiger partial charge in [-0.1, -0.05) is 36.4 Å². The second kappa shape index (κ2) is 11.8. The summed E-state index contributed by atoms with van der Waals surface area (Å²) in [5, 5.41) is 3.07. The van der Waals surface area contributed by atoms with Crippen LogP contribution in [-0.2, 0) is 35.1 Å². The minimum atomic E-state index is -0.538. The first-order chi connectivity index (χ1) is 16.8. The van der Waals surface area contributed by atoms with Gasteiger partial charge in [0.1, 0.15) is 11.6 Å². The van der Waals surface area contributed by atoms with E-state index >= 15 is 0 Å². The lowest BCUT2D eigenvalue weighted by Gasteiger charge is -2.49. The van der Waals surface area contributed by atoms with E-state index in [1.165, 1.54) is 21.1 Å². The summed E-state index contributed by atoms with van der Waals surface area (Å²) in [7, 11) is 4.53. The molecule has 1 aliphatic carbocycles. The molecule has 0 aliphatic heterocycles. The summed E-state index contributed by atoms with van der Waals surface area (Å²) in [5.74, 6) is -2.43. The molecule has 0 heterocycles. The molecule has 0 aromatic heterocycles. The van der Waals surface area contributed by atoms with E-state index in [2.05, 4.69) is 5.32 Å². The molecule has 0 spiro atoms. The highest BCUT2D eigenvalue weighted by atomic mass is 16.5. The second-order valence-corrected chi connectivity index (χ2v) is 9.03. The molecule has 7 nitrogen and oxygen atoms in total. The molecule has 1 fully saturated rings. The molecule has 35 heavy (non-hydrogen) atoms.